The maximum Gasteiger partial charge on any atom is 0.171 e. The Morgan fingerprint density at radius 2 is 2.18 bits per heavy atom. The van der Waals surface area contributed by atoms with Crippen LogP contribution in [0, 0.1) is 5.82 Å². The normalized spacial score (nSPS) is 20.1. The number of rotatable bonds is 3. The Bertz CT molecular complexity index is 392. The van der Waals surface area contributed by atoms with Gasteiger partial charge in [-0.2, -0.15) is 0 Å². The van der Waals surface area contributed by atoms with Crippen LogP contribution in [0.3, 0.4) is 0 Å². The number of ether oxygens (including phenoxy) is 3. The molecular formula is C12H16FNO3. The average Bonchev–Trinajstić information content (AvgIpc) is 2.40. The minimum absolute atomic E-state index is 0.175. The molecule has 1 aliphatic heterocycles. The third-order valence-electron chi connectivity index (χ3n) is 2.77. The quantitative estimate of drug-likeness (QED) is 0.870. The standard InChI is InChI=1S/C12H16FNO3/c1-15-8-5-9(11-7-14-3-4-17-11)12(13)10(6-8)16-2/h5-6,11,14H,3-4,7H2,1-2H3. The summed E-state index contributed by atoms with van der Waals surface area (Å²) in [5.74, 6) is 0.350. The van der Waals surface area contributed by atoms with Gasteiger partial charge < -0.3 is 19.5 Å². The molecule has 0 radical (unpaired) electrons. The van der Waals surface area contributed by atoms with E-state index in [0.29, 0.717) is 24.5 Å². The minimum Gasteiger partial charge on any atom is -0.497 e. The highest BCUT2D eigenvalue weighted by atomic mass is 19.1. The van der Waals surface area contributed by atoms with Gasteiger partial charge in [-0.05, 0) is 6.07 Å². The Morgan fingerprint density at radius 3 is 2.76 bits per heavy atom. The van der Waals surface area contributed by atoms with Crippen molar-refractivity contribution in [2.75, 3.05) is 33.9 Å². The molecular weight excluding hydrogens is 225 g/mol. The van der Waals surface area contributed by atoms with Crippen LogP contribution in [-0.4, -0.2) is 33.9 Å². The lowest BCUT2D eigenvalue weighted by Crippen LogP contribution is -2.33. The first-order chi connectivity index (χ1) is 8.26. The van der Waals surface area contributed by atoms with E-state index in [1.54, 1.807) is 6.07 Å². The molecule has 1 N–H and O–H groups in total. The second-order valence-corrected chi connectivity index (χ2v) is 3.80. The van der Waals surface area contributed by atoms with Crippen LogP contribution in [0.4, 0.5) is 4.39 Å². The van der Waals surface area contributed by atoms with Crippen LogP contribution in [0.5, 0.6) is 11.5 Å². The Hall–Kier alpha value is -1.33. The second kappa shape index (κ2) is 5.33. The molecule has 0 spiro atoms. The van der Waals surface area contributed by atoms with Crippen molar-refractivity contribution in [2.45, 2.75) is 6.10 Å². The number of nitrogens with one attached hydrogen (secondary N) is 1. The molecule has 1 heterocycles. The smallest absolute Gasteiger partial charge is 0.171 e. The predicted octanol–water partition coefficient (Wildman–Crippen LogP) is 1.50. The molecule has 94 valence electrons. The summed E-state index contributed by atoms with van der Waals surface area (Å²) in [6.07, 6.45) is -0.298. The van der Waals surface area contributed by atoms with E-state index < -0.39 is 0 Å². The summed E-state index contributed by atoms with van der Waals surface area (Å²) in [5, 5.41) is 3.16. The first-order valence-corrected chi connectivity index (χ1v) is 5.50. The zero-order valence-corrected chi connectivity index (χ0v) is 9.96. The molecule has 1 unspecified atom stereocenters. The van der Waals surface area contributed by atoms with E-state index >= 15 is 0 Å². The van der Waals surface area contributed by atoms with Crippen LogP contribution in [0.2, 0.25) is 0 Å². The summed E-state index contributed by atoms with van der Waals surface area (Å²) in [6.45, 7) is 1.95. The van der Waals surface area contributed by atoms with Crippen LogP contribution >= 0.6 is 0 Å². The van der Waals surface area contributed by atoms with Crippen LogP contribution in [-0.2, 0) is 4.74 Å². The van der Waals surface area contributed by atoms with Crippen molar-refractivity contribution < 1.29 is 18.6 Å². The SMILES string of the molecule is COc1cc(OC)c(F)c(C2CNCCO2)c1. The summed E-state index contributed by atoms with van der Waals surface area (Å²) in [6, 6.07) is 3.17. The van der Waals surface area contributed by atoms with Crippen LogP contribution in [0.15, 0.2) is 12.1 Å². The Labute approximate surface area is 99.7 Å². The minimum atomic E-state index is -0.387. The van der Waals surface area contributed by atoms with Gasteiger partial charge in [0, 0.05) is 24.7 Å². The molecule has 5 heteroatoms. The van der Waals surface area contributed by atoms with Crippen molar-refractivity contribution in [3.05, 3.63) is 23.5 Å². The number of morpholine rings is 1. The van der Waals surface area contributed by atoms with Gasteiger partial charge >= 0.3 is 0 Å². The Morgan fingerprint density at radius 1 is 1.35 bits per heavy atom. The maximum atomic E-state index is 14.1. The molecule has 0 aromatic heterocycles. The molecule has 1 aromatic carbocycles. The van der Waals surface area contributed by atoms with E-state index in [1.165, 1.54) is 20.3 Å². The van der Waals surface area contributed by atoms with Gasteiger partial charge in [-0.3, -0.25) is 0 Å². The van der Waals surface area contributed by atoms with Crippen molar-refractivity contribution in [1.82, 2.24) is 5.32 Å². The van der Waals surface area contributed by atoms with Gasteiger partial charge in [0.15, 0.2) is 11.6 Å². The highest BCUT2D eigenvalue weighted by Gasteiger charge is 2.22. The highest BCUT2D eigenvalue weighted by molar-refractivity contribution is 5.41. The number of benzene rings is 1. The zero-order chi connectivity index (χ0) is 12.3. The fraction of sp³-hybridized carbons (Fsp3) is 0.500. The fourth-order valence-corrected chi connectivity index (χ4v) is 1.86. The number of methoxy groups -OCH3 is 2. The van der Waals surface area contributed by atoms with Crippen LogP contribution in [0.25, 0.3) is 0 Å². The average molecular weight is 241 g/mol. The number of hydrogen-bond acceptors (Lipinski definition) is 4. The van der Waals surface area contributed by atoms with Gasteiger partial charge in [0.05, 0.1) is 26.9 Å². The summed E-state index contributed by atoms with van der Waals surface area (Å²) >= 11 is 0. The Kier molecular flexibility index (Phi) is 3.81. The summed E-state index contributed by atoms with van der Waals surface area (Å²) in [4.78, 5) is 0. The third-order valence-corrected chi connectivity index (χ3v) is 2.77. The largest absolute Gasteiger partial charge is 0.497 e. The highest BCUT2D eigenvalue weighted by Crippen LogP contribution is 2.32. The molecule has 1 fully saturated rings. The molecule has 1 saturated heterocycles. The summed E-state index contributed by atoms with van der Waals surface area (Å²) in [7, 11) is 2.97. The first kappa shape index (κ1) is 12.1. The fourth-order valence-electron chi connectivity index (χ4n) is 1.86. The lowest BCUT2D eigenvalue weighted by Gasteiger charge is -2.25. The van der Waals surface area contributed by atoms with E-state index in [9.17, 15) is 4.39 Å². The van der Waals surface area contributed by atoms with E-state index in [-0.39, 0.29) is 17.7 Å². The van der Waals surface area contributed by atoms with Crippen molar-refractivity contribution in [3.63, 3.8) is 0 Å². The van der Waals surface area contributed by atoms with Gasteiger partial charge in [0.2, 0.25) is 0 Å². The second-order valence-electron chi connectivity index (χ2n) is 3.80. The number of hydrogen-bond donors (Lipinski definition) is 1. The van der Waals surface area contributed by atoms with Crippen LogP contribution in [0.1, 0.15) is 11.7 Å². The van der Waals surface area contributed by atoms with Crippen molar-refractivity contribution >= 4 is 0 Å². The summed E-state index contributed by atoms with van der Waals surface area (Å²) < 4.78 is 29.7. The van der Waals surface area contributed by atoms with E-state index in [1.807, 2.05) is 0 Å². The van der Waals surface area contributed by atoms with Gasteiger partial charge in [0.1, 0.15) is 5.75 Å². The predicted molar refractivity (Wildman–Crippen MR) is 61.1 cm³/mol. The molecule has 1 aromatic rings. The molecule has 0 saturated carbocycles. The molecule has 0 aliphatic carbocycles. The van der Waals surface area contributed by atoms with Crippen LogP contribution < -0.4 is 14.8 Å². The zero-order valence-electron chi connectivity index (χ0n) is 9.96. The van der Waals surface area contributed by atoms with E-state index in [0.717, 1.165) is 6.54 Å². The first-order valence-electron chi connectivity index (χ1n) is 5.50. The molecule has 4 nitrogen and oxygen atoms in total. The molecule has 2 rings (SSSR count). The van der Waals surface area contributed by atoms with Crippen molar-refractivity contribution in [1.29, 1.82) is 0 Å². The van der Waals surface area contributed by atoms with Crippen molar-refractivity contribution in [2.24, 2.45) is 0 Å². The topological polar surface area (TPSA) is 39.7 Å². The molecule has 17 heavy (non-hydrogen) atoms. The van der Waals surface area contributed by atoms with Gasteiger partial charge in [-0.15, -0.1) is 0 Å². The molecule has 1 aliphatic rings. The van der Waals surface area contributed by atoms with Gasteiger partial charge in [0.25, 0.3) is 0 Å². The Balaban J connectivity index is 2.36. The lowest BCUT2D eigenvalue weighted by molar-refractivity contribution is 0.0251. The molecule has 1 atom stereocenters. The lowest BCUT2D eigenvalue weighted by atomic mass is 10.1. The summed E-state index contributed by atoms with van der Waals surface area (Å²) in [5.41, 5.74) is 0.466. The van der Waals surface area contributed by atoms with Gasteiger partial charge in [-0.1, -0.05) is 0 Å². The van der Waals surface area contributed by atoms with E-state index in [4.69, 9.17) is 14.2 Å². The van der Waals surface area contributed by atoms with Gasteiger partial charge in [-0.25, -0.2) is 4.39 Å². The van der Waals surface area contributed by atoms with Crippen molar-refractivity contribution in [3.8, 4) is 11.5 Å². The monoisotopic (exact) mass is 241 g/mol. The molecule has 0 bridgehead atoms. The number of halogens is 1. The maximum absolute atomic E-state index is 14.1. The van der Waals surface area contributed by atoms with E-state index in [2.05, 4.69) is 5.32 Å². The molecule has 0 amide bonds. The third kappa shape index (κ3) is 2.50.